The highest BCUT2D eigenvalue weighted by Crippen LogP contribution is 2.34. The maximum absolute atomic E-state index is 13.8. The predicted molar refractivity (Wildman–Crippen MR) is 108 cm³/mol. The fourth-order valence-electron chi connectivity index (χ4n) is 3.39. The summed E-state index contributed by atoms with van der Waals surface area (Å²) in [5.41, 5.74) is 2.37. The van der Waals surface area contributed by atoms with Crippen molar-refractivity contribution in [2.75, 3.05) is 13.7 Å². The number of hydrogen-bond acceptors (Lipinski definition) is 4. The normalized spacial score (nSPS) is 21.2. The molecule has 0 radical (unpaired) electrons. The van der Waals surface area contributed by atoms with Crippen molar-refractivity contribution < 1.29 is 17.6 Å². The highest BCUT2D eigenvalue weighted by atomic mass is 32.2. The Bertz CT molecular complexity index is 923. The molecule has 28 heavy (non-hydrogen) atoms. The number of sulfonamides is 1. The van der Waals surface area contributed by atoms with Gasteiger partial charge in [-0.1, -0.05) is 63.2 Å². The molecule has 1 aliphatic heterocycles. The molecular weight excluding hydrogens is 379 g/mol. The van der Waals surface area contributed by atoms with E-state index in [0.29, 0.717) is 5.56 Å². The van der Waals surface area contributed by atoms with Crippen LogP contribution in [0.2, 0.25) is 0 Å². The zero-order valence-corrected chi connectivity index (χ0v) is 17.5. The average molecular weight is 407 g/mol. The van der Waals surface area contributed by atoms with Crippen LogP contribution in [0.5, 0.6) is 0 Å². The van der Waals surface area contributed by atoms with Gasteiger partial charge in [0.05, 0.1) is 12.6 Å². The molecule has 2 atom stereocenters. The van der Waals surface area contributed by atoms with E-state index in [2.05, 4.69) is 25.5 Å². The number of nitrogens with one attached hydrogen (secondary N) is 1. The van der Waals surface area contributed by atoms with Gasteiger partial charge in [-0.25, -0.2) is 17.5 Å². The van der Waals surface area contributed by atoms with Crippen molar-refractivity contribution >= 4 is 10.0 Å². The minimum Gasteiger partial charge on any atom is -0.297 e. The molecule has 1 saturated heterocycles. The molecule has 0 aliphatic carbocycles. The predicted octanol–water partition coefficient (Wildman–Crippen LogP) is 3.53. The van der Waals surface area contributed by atoms with Crippen molar-refractivity contribution in [2.45, 2.75) is 44.0 Å². The summed E-state index contributed by atoms with van der Waals surface area (Å²) in [6, 6.07) is 13.7. The first-order chi connectivity index (χ1) is 13.1. The van der Waals surface area contributed by atoms with Crippen LogP contribution < -0.4 is 4.72 Å². The second kappa shape index (κ2) is 7.91. The summed E-state index contributed by atoms with van der Waals surface area (Å²) in [5, 5.41) is 0.795. The van der Waals surface area contributed by atoms with E-state index in [4.69, 9.17) is 4.84 Å². The Morgan fingerprint density at radius 3 is 2.39 bits per heavy atom. The van der Waals surface area contributed by atoms with Crippen molar-refractivity contribution in [1.82, 2.24) is 9.79 Å². The van der Waals surface area contributed by atoms with Gasteiger partial charge in [-0.3, -0.25) is 4.84 Å². The van der Waals surface area contributed by atoms with E-state index in [9.17, 15) is 12.8 Å². The van der Waals surface area contributed by atoms with Crippen LogP contribution in [-0.4, -0.2) is 32.4 Å². The Kier molecular flexibility index (Phi) is 5.91. The van der Waals surface area contributed by atoms with Gasteiger partial charge in [0, 0.05) is 19.2 Å². The molecule has 3 rings (SSSR count). The number of hydrogen-bond donors (Lipinski definition) is 1. The van der Waals surface area contributed by atoms with E-state index in [-0.39, 0.29) is 18.6 Å². The molecule has 0 spiro atoms. The first kappa shape index (κ1) is 20.9. The topological polar surface area (TPSA) is 58.6 Å². The molecule has 2 aromatic carbocycles. The molecule has 1 aliphatic rings. The summed E-state index contributed by atoms with van der Waals surface area (Å²) in [4.78, 5) is 5.53. The number of nitrogens with zero attached hydrogens (tertiary/aromatic N) is 1. The first-order valence-corrected chi connectivity index (χ1v) is 10.8. The molecular formula is C21H27FN2O3S. The van der Waals surface area contributed by atoms with Gasteiger partial charge in [0.1, 0.15) is 11.1 Å². The number of halogens is 1. The maximum Gasteiger partial charge on any atom is 0.219 e. The van der Waals surface area contributed by atoms with Crippen LogP contribution in [0.4, 0.5) is 4.39 Å². The quantitative estimate of drug-likeness (QED) is 0.825. The van der Waals surface area contributed by atoms with Crippen LogP contribution in [0.15, 0.2) is 48.5 Å². The average Bonchev–Trinajstić information content (AvgIpc) is 3.03. The molecule has 0 saturated carbocycles. The number of rotatable bonds is 5. The molecule has 152 valence electrons. The zero-order chi connectivity index (χ0) is 20.5. The molecule has 0 aromatic heterocycles. The Morgan fingerprint density at radius 1 is 1.14 bits per heavy atom. The van der Waals surface area contributed by atoms with Crippen molar-refractivity contribution in [3.05, 3.63) is 71.0 Å². The van der Waals surface area contributed by atoms with Crippen LogP contribution in [-0.2, 0) is 26.8 Å². The highest BCUT2D eigenvalue weighted by molar-refractivity contribution is 7.90. The van der Waals surface area contributed by atoms with Gasteiger partial charge in [-0.15, -0.1) is 0 Å². The van der Waals surface area contributed by atoms with Crippen molar-refractivity contribution in [3.63, 3.8) is 0 Å². The van der Waals surface area contributed by atoms with E-state index in [1.54, 1.807) is 30.3 Å². The number of benzene rings is 2. The van der Waals surface area contributed by atoms with Crippen molar-refractivity contribution in [3.8, 4) is 0 Å². The Morgan fingerprint density at radius 2 is 1.79 bits per heavy atom. The lowest BCUT2D eigenvalue weighted by Gasteiger charge is -2.25. The van der Waals surface area contributed by atoms with Crippen LogP contribution >= 0.6 is 0 Å². The van der Waals surface area contributed by atoms with Gasteiger partial charge in [0.25, 0.3) is 0 Å². The molecule has 1 N–H and O–H groups in total. The summed E-state index contributed by atoms with van der Waals surface area (Å²) in [6.07, 6.45) is 0. The van der Waals surface area contributed by atoms with E-state index in [0.717, 1.165) is 5.56 Å². The third-order valence-corrected chi connectivity index (χ3v) is 6.86. The second-order valence-electron chi connectivity index (χ2n) is 8.15. The largest absolute Gasteiger partial charge is 0.297 e. The van der Waals surface area contributed by atoms with E-state index < -0.39 is 27.1 Å². The van der Waals surface area contributed by atoms with Crippen LogP contribution in [0.3, 0.4) is 0 Å². The van der Waals surface area contributed by atoms with Crippen LogP contribution in [0.1, 0.15) is 43.5 Å². The molecule has 2 unspecified atom stereocenters. The molecule has 2 aromatic rings. The minimum atomic E-state index is -3.73. The smallest absolute Gasteiger partial charge is 0.219 e. The van der Waals surface area contributed by atoms with Gasteiger partial charge in [0.2, 0.25) is 10.0 Å². The summed E-state index contributed by atoms with van der Waals surface area (Å²) in [6.45, 7) is 6.35. The molecule has 1 heterocycles. The molecule has 1 fully saturated rings. The first-order valence-electron chi connectivity index (χ1n) is 9.27. The SMILES string of the molecule is CN1OCC(S(=O)(=O)NCc2ccccc2F)C1c1ccc(C(C)(C)C)cc1. The summed E-state index contributed by atoms with van der Waals surface area (Å²) in [7, 11) is -2.00. The standard InChI is InChI=1S/C21H27FN2O3S/c1-21(2,3)17-11-9-15(10-12-17)20-19(14-27-24(20)4)28(25,26)23-13-16-7-5-6-8-18(16)22/h5-12,19-20,23H,13-14H2,1-4H3. The highest BCUT2D eigenvalue weighted by Gasteiger charge is 2.43. The molecule has 0 bridgehead atoms. The third-order valence-electron chi connectivity index (χ3n) is 5.12. The van der Waals surface area contributed by atoms with Crippen LogP contribution in [0.25, 0.3) is 0 Å². The minimum absolute atomic E-state index is 0.0173. The van der Waals surface area contributed by atoms with Gasteiger partial charge in [-0.05, 0) is 22.6 Å². The van der Waals surface area contributed by atoms with Gasteiger partial charge < -0.3 is 0 Å². The molecule has 5 nitrogen and oxygen atoms in total. The fourth-order valence-corrected chi connectivity index (χ4v) is 4.87. The lowest BCUT2D eigenvalue weighted by molar-refractivity contribution is -0.110. The van der Waals surface area contributed by atoms with Gasteiger partial charge in [-0.2, -0.15) is 5.06 Å². The Labute approximate surface area is 166 Å². The summed E-state index contributed by atoms with van der Waals surface area (Å²) in [5.74, 6) is -0.431. The fraction of sp³-hybridized carbons (Fsp3) is 0.429. The maximum atomic E-state index is 13.8. The van der Waals surface area contributed by atoms with Crippen molar-refractivity contribution in [1.29, 1.82) is 0 Å². The second-order valence-corrected chi connectivity index (χ2v) is 10.1. The number of hydroxylamine groups is 2. The Hall–Kier alpha value is -1.80. The molecule has 7 heteroatoms. The summed E-state index contributed by atoms with van der Waals surface area (Å²) >= 11 is 0. The lowest BCUT2D eigenvalue weighted by Crippen LogP contribution is -2.39. The Balaban J connectivity index is 1.81. The van der Waals surface area contributed by atoms with Crippen molar-refractivity contribution in [2.24, 2.45) is 0 Å². The van der Waals surface area contributed by atoms with E-state index in [1.807, 2.05) is 24.3 Å². The van der Waals surface area contributed by atoms with Gasteiger partial charge >= 0.3 is 0 Å². The zero-order valence-electron chi connectivity index (χ0n) is 16.6. The monoisotopic (exact) mass is 406 g/mol. The summed E-state index contributed by atoms with van der Waals surface area (Å²) < 4.78 is 42.2. The van der Waals surface area contributed by atoms with E-state index in [1.165, 1.54) is 11.6 Å². The van der Waals surface area contributed by atoms with E-state index >= 15 is 0 Å². The van der Waals surface area contributed by atoms with Gasteiger partial charge in [0.15, 0.2) is 0 Å². The molecule has 0 amide bonds. The third kappa shape index (κ3) is 4.43. The van der Waals surface area contributed by atoms with Crippen LogP contribution in [0, 0.1) is 5.82 Å². The lowest BCUT2D eigenvalue weighted by atomic mass is 9.86.